The Morgan fingerprint density at radius 2 is 1.94 bits per heavy atom. The summed E-state index contributed by atoms with van der Waals surface area (Å²) in [5.74, 6) is 1.36. The predicted molar refractivity (Wildman–Crippen MR) is 58.7 cm³/mol. The monoisotopic (exact) mass is 224 g/mol. The minimum Gasteiger partial charge on any atom is -0.480 e. The standard InChI is InChI=1S/C11H16N2O3/c1-2-5-12(9-11(15)16)8-10(14)13-6-3-4-7-13/h1H,3-9H2,(H,15,16). The molecule has 5 heteroatoms. The molecule has 0 radical (unpaired) electrons. The topological polar surface area (TPSA) is 60.9 Å². The van der Waals surface area contributed by atoms with Crippen LogP contribution in [-0.4, -0.2) is 59.5 Å². The third-order valence-corrected chi connectivity index (χ3v) is 2.49. The highest BCUT2D eigenvalue weighted by atomic mass is 16.4. The van der Waals surface area contributed by atoms with Crippen LogP contribution >= 0.6 is 0 Å². The van der Waals surface area contributed by atoms with Gasteiger partial charge in [0.1, 0.15) is 0 Å². The van der Waals surface area contributed by atoms with E-state index >= 15 is 0 Å². The van der Waals surface area contributed by atoms with Gasteiger partial charge < -0.3 is 10.0 Å². The first kappa shape index (κ1) is 12.5. The van der Waals surface area contributed by atoms with Crippen molar-refractivity contribution in [3.05, 3.63) is 0 Å². The lowest BCUT2D eigenvalue weighted by atomic mass is 10.4. The Balaban J connectivity index is 2.43. The molecule has 16 heavy (non-hydrogen) atoms. The predicted octanol–water partition coefficient (Wildman–Crippen LogP) is -0.371. The summed E-state index contributed by atoms with van der Waals surface area (Å²) in [5.41, 5.74) is 0. The Bertz CT molecular complexity index is 303. The molecule has 0 aliphatic carbocycles. The number of carboxylic acids is 1. The minimum atomic E-state index is -0.968. The van der Waals surface area contributed by atoms with Crippen LogP contribution in [0.25, 0.3) is 0 Å². The lowest BCUT2D eigenvalue weighted by Gasteiger charge is -2.21. The van der Waals surface area contributed by atoms with Crippen LogP contribution in [-0.2, 0) is 9.59 Å². The zero-order chi connectivity index (χ0) is 12.0. The molecule has 1 fully saturated rings. The molecule has 0 bridgehead atoms. The fourth-order valence-corrected chi connectivity index (χ4v) is 1.75. The molecule has 0 atom stereocenters. The number of hydrogen-bond acceptors (Lipinski definition) is 3. The van der Waals surface area contributed by atoms with E-state index in [1.165, 1.54) is 4.90 Å². The molecule has 1 amide bonds. The van der Waals surface area contributed by atoms with Gasteiger partial charge in [0.25, 0.3) is 0 Å². The second-order valence-corrected chi connectivity index (χ2v) is 3.83. The van der Waals surface area contributed by atoms with E-state index in [1.807, 2.05) is 0 Å². The SMILES string of the molecule is C#CCN(CC(=O)O)CC(=O)N1CCCC1. The summed E-state index contributed by atoms with van der Waals surface area (Å²) >= 11 is 0. The van der Waals surface area contributed by atoms with Crippen LogP contribution < -0.4 is 0 Å². The highest BCUT2D eigenvalue weighted by molar-refractivity contribution is 5.79. The van der Waals surface area contributed by atoms with Crippen molar-refractivity contribution in [3.63, 3.8) is 0 Å². The summed E-state index contributed by atoms with van der Waals surface area (Å²) < 4.78 is 0. The van der Waals surface area contributed by atoms with Gasteiger partial charge >= 0.3 is 5.97 Å². The van der Waals surface area contributed by atoms with Crippen LogP contribution in [0.3, 0.4) is 0 Å². The number of carbonyl (C=O) groups excluding carboxylic acids is 1. The van der Waals surface area contributed by atoms with Crippen molar-refractivity contribution in [2.75, 3.05) is 32.7 Å². The summed E-state index contributed by atoms with van der Waals surface area (Å²) in [6, 6.07) is 0. The minimum absolute atomic E-state index is 0.0333. The van der Waals surface area contributed by atoms with Crippen LogP contribution in [0.5, 0.6) is 0 Å². The molecule has 0 aromatic carbocycles. The highest BCUT2D eigenvalue weighted by Gasteiger charge is 2.20. The number of terminal acetylenes is 1. The fourth-order valence-electron chi connectivity index (χ4n) is 1.75. The quantitative estimate of drug-likeness (QED) is 0.647. The van der Waals surface area contributed by atoms with E-state index in [0.29, 0.717) is 0 Å². The first-order valence-electron chi connectivity index (χ1n) is 5.29. The summed E-state index contributed by atoms with van der Waals surface area (Å²) in [6.07, 6.45) is 7.18. The van der Waals surface area contributed by atoms with Gasteiger partial charge in [-0.2, -0.15) is 0 Å². The molecule has 1 aliphatic heterocycles. The zero-order valence-corrected chi connectivity index (χ0v) is 9.19. The third kappa shape index (κ3) is 3.91. The molecular formula is C11H16N2O3. The number of carbonyl (C=O) groups is 2. The lowest BCUT2D eigenvalue weighted by molar-refractivity contribution is -0.139. The van der Waals surface area contributed by atoms with Crippen molar-refractivity contribution in [1.82, 2.24) is 9.80 Å². The fraction of sp³-hybridized carbons (Fsp3) is 0.636. The molecule has 0 aromatic rings. The largest absolute Gasteiger partial charge is 0.480 e. The Hall–Kier alpha value is -1.54. The van der Waals surface area contributed by atoms with Gasteiger partial charge in [0.2, 0.25) is 5.91 Å². The van der Waals surface area contributed by atoms with Crippen molar-refractivity contribution in [1.29, 1.82) is 0 Å². The van der Waals surface area contributed by atoms with E-state index in [4.69, 9.17) is 11.5 Å². The number of aliphatic carboxylic acids is 1. The first-order valence-corrected chi connectivity index (χ1v) is 5.29. The molecule has 0 aromatic heterocycles. The van der Waals surface area contributed by atoms with Gasteiger partial charge in [-0.3, -0.25) is 14.5 Å². The smallest absolute Gasteiger partial charge is 0.317 e. The van der Waals surface area contributed by atoms with E-state index in [9.17, 15) is 9.59 Å². The molecule has 0 unspecified atom stereocenters. The highest BCUT2D eigenvalue weighted by Crippen LogP contribution is 2.07. The number of likely N-dealkylation sites (tertiary alicyclic amines) is 1. The first-order chi connectivity index (χ1) is 7.63. The van der Waals surface area contributed by atoms with Crippen LogP contribution in [0.1, 0.15) is 12.8 Å². The molecule has 1 heterocycles. The summed E-state index contributed by atoms with van der Waals surface area (Å²) in [6.45, 7) is 1.64. The Morgan fingerprint density at radius 1 is 1.31 bits per heavy atom. The van der Waals surface area contributed by atoms with Crippen LogP contribution in [0.15, 0.2) is 0 Å². The maximum atomic E-state index is 11.7. The number of rotatable bonds is 5. The molecule has 1 saturated heterocycles. The van der Waals surface area contributed by atoms with Gasteiger partial charge in [0, 0.05) is 13.1 Å². The molecule has 88 valence electrons. The molecule has 1 rings (SSSR count). The van der Waals surface area contributed by atoms with E-state index in [-0.39, 0.29) is 25.5 Å². The maximum absolute atomic E-state index is 11.7. The van der Waals surface area contributed by atoms with Crippen LogP contribution in [0.4, 0.5) is 0 Å². The lowest BCUT2D eigenvalue weighted by Crippen LogP contribution is -2.41. The Morgan fingerprint density at radius 3 is 2.44 bits per heavy atom. The molecule has 1 N–H and O–H groups in total. The van der Waals surface area contributed by atoms with Crippen molar-refractivity contribution in [3.8, 4) is 12.3 Å². The zero-order valence-electron chi connectivity index (χ0n) is 9.19. The van der Waals surface area contributed by atoms with Gasteiger partial charge in [-0.15, -0.1) is 6.42 Å². The van der Waals surface area contributed by atoms with Crippen molar-refractivity contribution in [2.45, 2.75) is 12.8 Å². The molecule has 5 nitrogen and oxygen atoms in total. The number of amides is 1. The van der Waals surface area contributed by atoms with Gasteiger partial charge in [-0.05, 0) is 12.8 Å². The third-order valence-electron chi connectivity index (χ3n) is 2.49. The van der Waals surface area contributed by atoms with Gasteiger partial charge in [0.05, 0.1) is 19.6 Å². The van der Waals surface area contributed by atoms with Gasteiger partial charge in [0.15, 0.2) is 0 Å². The van der Waals surface area contributed by atoms with E-state index in [2.05, 4.69) is 5.92 Å². The van der Waals surface area contributed by atoms with Crippen LogP contribution in [0.2, 0.25) is 0 Å². The van der Waals surface area contributed by atoms with Crippen LogP contribution in [0, 0.1) is 12.3 Å². The van der Waals surface area contributed by atoms with E-state index in [0.717, 1.165) is 25.9 Å². The summed E-state index contributed by atoms with van der Waals surface area (Å²) in [4.78, 5) is 25.5. The molecule has 0 spiro atoms. The van der Waals surface area contributed by atoms with Crippen molar-refractivity contribution >= 4 is 11.9 Å². The second kappa shape index (κ2) is 6.13. The average molecular weight is 224 g/mol. The summed E-state index contributed by atoms with van der Waals surface area (Å²) in [5, 5.41) is 8.65. The maximum Gasteiger partial charge on any atom is 0.317 e. The molecular weight excluding hydrogens is 208 g/mol. The summed E-state index contributed by atoms with van der Waals surface area (Å²) in [7, 11) is 0. The number of hydrogen-bond donors (Lipinski definition) is 1. The Labute approximate surface area is 95.0 Å². The Kier molecular flexibility index (Phi) is 4.80. The van der Waals surface area contributed by atoms with E-state index in [1.54, 1.807) is 4.90 Å². The molecule has 1 aliphatic rings. The van der Waals surface area contributed by atoms with Crippen molar-refractivity contribution in [2.24, 2.45) is 0 Å². The molecule has 0 saturated carbocycles. The van der Waals surface area contributed by atoms with Gasteiger partial charge in [-0.25, -0.2) is 0 Å². The normalized spacial score (nSPS) is 15.1. The van der Waals surface area contributed by atoms with Gasteiger partial charge in [-0.1, -0.05) is 5.92 Å². The van der Waals surface area contributed by atoms with Crippen molar-refractivity contribution < 1.29 is 14.7 Å². The number of nitrogens with zero attached hydrogens (tertiary/aromatic N) is 2. The number of carboxylic acid groups (broad SMARTS) is 1. The second-order valence-electron chi connectivity index (χ2n) is 3.83. The van der Waals surface area contributed by atoms with E-state index < -0.39 is 5.97 Å². The average Bonchev–Trinajstić information content (AvgIpc) is 2.69.